The normalized spacial score (nSPS) is 10.4. The molecule has 0 aliphatic carbocycles. The summed E-state index contributed by atoms with van der Waals surface area (Å²) in [4.78, 5) is 19.7. The summed E-state index contributed by atoms with van der Waals surface area (Å²) < 4.78 is 18.8. The Bertz CT molecular complexity index is 952. The van der Waals surface area contributed by atoms with E-state index in [0.29, 0.717) is 16.5 Å². The van der Waals surface area contributed by atoms with E-state index in [2.05, 4.69) is 15.3 Å². The molecular weight excluding hydrogens is 359 g/mol. The molecule has 0 unspecified atom stereocenters. The number of carbonyl (C=O) groups is 1. The Labute approximate surface area is 153 Å². The van der Waals surface area contributed by atoms with Crippen LogP contribution in [0.3, 0.4) is 0 Å². The summed E-state index contributed by atoms with van der Waals surface area (Å²) in [6.45, 7) is 0.206. The van der Waals surface area contributed by atoms with Crippen molar-refractivity contribution in [2.75, 3.05) is 11.1 Å². The predicted octanol–water partition coefficient (Wildman–Crippen LogP) is 3.68. The van der Waals surface area contributed by atoms with Gasteiger partial charge in [0.15, 0.2) is 11.6 Å². The van der Waals surface area contributed by atoms with Crippen molar-refractivity contribution in [1.29, 1.82) is 0 Å². The van der Waals surface area contributed by atoms with E-state index in [-0.39, 0.29) is 18.0 Å². The molecular formula is C18H14ClFN4O2. The second-order valence-electron chi connectivity index (χ2n) is 5.37. The van der Waals surface area contributed by atoms with Crippen LogP contribution < -0.4 is 15.8 Å². The number of rotatable bonds is 5. The van der Waals surface area contributed by atoms with Gasteiger partial charge in [-0.05, 0) is 23.8 Å². The molecule has 2 heterocycles. The fourth-order valence-corrected chi connectivity index (χ4v) is 2.33. The Balaban J connectivity index is 1.68. The Kier molecular flexibility index (Phi) is 5.28. The zero-order valence-corrected chi connectivity index (χ0v) is 14.2. The average molecular weight is 373 g/mol. The number of hydrogen-bond acceptors (Lipinski definition) is 5. The summed E-state index contributed by atoms with van der Waals surface area (Å²) in [5.41, 5.74) is 7.20. The molecule has 1 amide bonds. The monoisotopic (exact) mass is 372 g/mol. The quantitative estimate of drug-likeness (QED) is 0.713. The van der Waals surface area contributed by atoms with E-state index in [1.54, 1.807) is 24.3 Å². The third-order valence-electron chi connectivity index (χ3n) is 3.39. The summed E-state index contributed by atoms with van der Waals surface area (Å²) in [5.74, 6) is -0.430. The second-order valence-corrected chi connectivity index (χ2v) is 5.81. The Hall–Kier alpha value is -3.19. The van der Waals surface area contributed by atoms with Gasteiger partial charge in [0.1, 0.15) is 12.4 Å². The molecule has 0 saturated heterocycles. The lowest BCUT2D eigenvalue weighted by atomic mass is 10.2. The third-order valence-corrected chi connectivity index (χ3v) is 3.60. The first kappa shape index (κ1) is 17.6. The van der Waals surface area contributed by atoms with Gasteiger partial charge in [-0.25, -0.2) is 9.37 Å². The molecule has 0 atom stereocenters. The van der Waals surface area contributed by atoms with Crippen molar-refractivity contribution in [3.8, 4) is 5.75 Å². The van der Waals surface area contributed by atoms with Crippen molar-refractivity contribution < 1.29 is 13.9 Å². The lowest BCUT2D eigenvalue weighted by Crippen LogP contribution is -2.12. The van der Waals surface area contributed by atoms with E-state index in [0.717, 1.165) is 17.8 Å². The van der Waals surface area contributed by atoms with E-state index < -0.39 is 11.7 Å². The molecule has 6 nitrogen and oxygen atoms in total. The molecule has 3 rings (SSSR count). The van der Waals surface area contributed by atoms with Crippen LogP contribution in [0.1, 0.15) is 15.9 Å². The predicted molar refractivity (Wildman–Crippen MR) is 96.6 cm³/mol. The molecule has 0 aliphatic rings. The number of nitrogens with zero attached hydrogens (tertiary/aromatic N) is 2. The van der Waals surface area contributed by atoms with E-state index in [9.17, 15) is 9.18 Å². The minimum atomic E-state index is -0.576. The molecule has 0 fully saturated rings. The smallest absolute Gasteiger partial charge is 0.257 e. The lowest BCUT2D eigenvalue weighted by Gasteiger charge is -2.10. The Morgan fingerprint density at radius 2 is 2.08 bits per heavy atom. The van der Waals surface area contributed by atoms with Crippen LogP contribution in [0.5, 0.6) is 5.75 Å². The maximum absolute atomic E-state index is 13.2. The summed E-state index contributed by atoms with van der Waals surface area (Å²) >= 11 is 5.87. The van der Waals surface area contributed by atoms with Crippen LogP contribution in [0.2, 0.25) is 5.02 Å². The van der Waals surface area contributed by atoms with Gasteiger partial charge in [-0.1, -0.05) is 23.7 Å². The van der Waals surface area contributed by atoms with E-state index in [1.165, 1.54) is 12.4 Å². The molecule has 132 valence electrons. The highest BCUT2D eigenvalue weighted by Crippen LogP contribution is 2.24. The molecule has 0 radical (unpaired) electrons. The molecule has 0 saturated carbocycles. The van der Waals surface area contributed by atoms with Gasteiger partial charge in [0.05, 0.1) is 16.8 Å². The molecule has 3 aromatic rings. The molecule has 0 aliphatic heterocycles. The number of amides is 1. The fraction of sp³-hybridized carbons (Fsp3) is 0.0556. The molecule has 0 spiro atoms. The molecule has 1 aromatic carbocycles. The number of nitrogens with two attached hydrogens (primary N) is 1. The van der Waals surface area contributed by atoms with Gasteiger partial charge in [-0.3, -0.25) is 9.78 Å². The van der Waals surface area contributed by atoms with Crippen LogP contribution in [0, 0.1) is 5.82 Å². The van der Waals surface area contributed by atoms with Crippen LogP contribution in [-0.2, 0) is 6.61 Å². The van der Waals surface area contributed by atoms with Crippen molar-refractivity contribution in [3.05, 3.63) is 77.0 Å². The van der Waals surface area contributed by atoms with Crippen molar-refractivity contribution in [3.63, 3.8) is 0 Å². The molecule has 0 bridgehead atoms. The minimum Gasteiger partial charge on any atom is -0.485 e. The molecule has 26 heavy (non-hydrogen) atoms. The number of halogens is 2. The first-order valence-corrected chi connectivity index (χ1v) is 7.94. The maximum Gasteiger partial charge on any atom is 0.257 e. The number of carbonyl (C=O) groups excluding carboxylic acids is 1. The van der Waals surface area contributed by atoms with Crippen LogP contribution in [0.25, 0.3) is 0 Å². The summed E-state index contributed by atoms with van der Waals surface area (Å²) in [7, 11) is 0. The van der Waals surface area contributed by atoms with Gasteiger partial charge in [0.25, 0.3) is 5.91 Å². The number of benzene rings is 1. The summed E-state index contributed by atoms with van der Waals surface area (Å²) in [6, 6.07) is 9.73. The van der Waals surface area contributed by atoms with Crippen molar-refractivity contribution in [1.82, 2.24) is 9.97 Å². The van der Waals surface area contributed by atoms with Crippen LogP contribution in [-0.4, -0.2) is 15.9 Å². The average Bonchev–Trinajstić information content (AvgIpc) is 2.63. The Morgan fingerprint density at radius 1 is 1.23 bits per heavy atom. The molecule has 2 aromatic heterocycles. The molecule has 3 N–H and O–H groups in total. The number of nitrogen functional groups attached to an aromatic ring is 1. The zero-order valence-electron chi connectivity index (χ0n) is 13.4. The SMILES string of the molecule is Nc1ncc(Cl)cc1OCc1cccc(NC(=O)c2cncc(F)c2)c1. The first-order valence-electron chi connectivity index (χ1n) is 7.56. The zero-order chi connectivity index (χ0) is 18.5. The standard InChI is InChI=1S/C18H14ClFN4O2/c19-13-6-16(17(21)23-8-13)26-10-11-2-1-3-15(4-11)24-18(25)12-5-14(20)9-22-7-12/h1-9H,10H2,(H2,21,23)(H,24,25). The van der Waals surface area contributed by atoms with Gasteiger partial charge in [0.2, 0.25) is 0 Å². The highest BCUT2D eigenvalue weighted by Gasteiger charge is 2.09. The highest BCUT2D eigenvalue weighted by atomic mass is 35.5. The van der Waals surface area contributed by atoms with Crippen LogP contribution >= 0.6 is 11.6 Å². The summed E-state index contributed by atoms with van der Waals surface area (Å²) in [6.07, 6.45) is 3.76. The fourth-order valence-electron chi connectivity index (χ4n) is 2.19. The number of pyridine rings is 2. The first-order chi connectivity index (χ1) is 12.5. The maximum atomic E-state index is 13.2. The number of nitrogens with one attached hydrogen (secondary N) is 1. The van der Waals surface area contributed by atoms with E-state index in [1.807, 2.05) is 6.07 Å². The number of ether oxygens (including phenoxy) is 1. The minimum absolute atomic E-state index is 0.129. The number of aromatic nitrogens is 2. The second kappa shape index (κ2) is 7.79. The van der Waals surface area contributed by atoms with Crippen LogP contribution in [0.4, 0.5) is 15.9 Å². The van der Waals surface area contributed by atoms with Gasteiger partial charge < -0.3 is 15.8 Å². The third kappa shape index (κ3) is 4.46. The van der Waals surface area contributed by atoms with Crippen LogP contribution in [0.15, 0.2) is 55.0 Å². The lowest BCUT2D eigenvalue weighted by molar-refractivity contribution is 0.102. The van der Waals surface area contributed by atoms with Gasteiger partial charge in [0, 0.05) is 24.1 Å². The van der Waals surface area contributed by atoms with E-state index >= 15 is 0 Å². The van der Waals surface area contributed by atoms with Crippen molar-refractivity contribution >= 4 is 29.0 Å². The highest BCUT2D eigenvalue weighted by molar-refractivity contribution is 6.30. The topological polar surface area (TPSA) is 90.1 Å². The largest absolute Gasteiger partial charge is 0.485 e. The van der Waals surface area contributed by atoms with Crippen molar-refractivity contribution in [2.24, 2.45) is 0 Å². The Morgan fingerprint density at radius 3 is 2.88 bits per heavy atom. The van der Waals surface area contributed by atoms with Gasteiger partial charge in [-0.2, -0.15) is 0 Å². The summed E-state index contributed by atoms with van der Waals surface area (Å²) in [5, 5.41) is 3.10. The van der Waals surface area contributed by atoms with Crippen molar-refractivity contribution in [2.45, 2.75) is 6.61 Å². The number of anilines is 2. The number of hydrogen-bond donors (Lipinski definition) is 2. The van der Waals surface area contributed by atoms with E-state index in [4.69, 9.17) is 22.1 Å². The van der Waals surface area contributed by atoms with Gasteiger partial charge in [-0.15, -0.1) is 0 Å². The van der Waals surface area contributed by atoms with Gasteiger partial charge >= 0.3 is 0 Å². The molecule has 8 heteroatoms.